The van der Waals surface area contributed by atoms with E-state index in [4.69, 9.17) is 11.6 Å². The number of rotatable bonds is 3. The van der Waals surface area contributed by atoms with Crippen LogP contribution in [0.1, 0.15) is 5.56 Å². The minimum Gasteiger partial charge on any atom is -0.342 e. The quantitative estimate of drug-likeness (QED) is 0.532. The third kappa shape index (κ3) is 2.60. The lowest BCUT2D eigenvalue weighted by molar-refractivity contribution is -0.385. The van der Waals surface area contributed by atoms with Crippen LogP contribution >= 0.6 is 11.6 Å². The Morgan fingerprint density at radius 3 is 2.81 bits per heavy atom. The first kappa shape index (κ1) is 13.6. The molecule has 0 amide bonds. The van der Waals surface area contributed by atoms with Crippen LogP contribution in [0.5, 0.6) is 0 Å². The van der Waals surface area contributed by atoms with Crippen molar-refractivity contribution in [1.82, 2.24) is 4.57 Å². The van der Waals surface area contributed by atoms with Crippen molar-refractivity contribution in [2.45, 2.75) is 6.54 Å². The summed E-state index contributed by atoms with van der Waals surface area (Å²) < 4.78 is 15.3. The summed E-state index contributed by atoms with van der Waals surface area (Å²) in [6.45, 7) is 0.311. The maximum atomic E-state index is 13.5. The fraction of sp³-hybridized carbons (Fsp3) is 0.0667. The van der Waals surface area contributed by atoms with Gasteiger partial charge in [-0.2, -0.15) is 0 Å². The number of nitrogens with zero attached hydrogens (tertiary/aromatic N) is 2. The second kappa shape index (κ2) is 5.18. The van der Waals surface area contributed by atoms with E-state index in [0.717, 1.165) is 17.0 Å². The zero-order valence-electron chi connectivity index (χ0n) is 10.8. The van der Waals surface area contributed by atoms with Crippen LogP contribution in [-0.4, -0.2) is 9.49 Å². The number of para-hydroxylation sites is 1. The summed E-state index contributed by atoms with van der Waals surface area (Å²) in [6, 6.07) is 11.0. The number of halogens is 2. The molecule has 0 saturated carbocycles. The first-order valence-corrected chi connectivity index (χ1v) is 6.59. The van der Waals surface area contributed by atoms with E-state index in [0.29, 0.717) is 17.1 Å². The third-order valence-electron chi connectivity index (χ3n) is 3.25. The Morgan fingerprint density at radius 1 is 1.24 bits per heavy atom. The summed E-state index contributed by atoms with van der Waals surface area (Å²) in [4.78, 5) is 10.2. The lowest BCUT2D eigenvalue weighted by Gasteiger charge is -2.07. The van der Waals surface area contributed by atoms with E-state index >= 15 is 0 Å². The third-order valence-corrected chi connectivity index (χ3v) is 3.55. The molecule has 0 fully saturated rings. The van der Waals surface area contributed by atoms with Crippen LogP contribution in [0.15, 0.2) is 48.7 Å². The van der Waals surface area contributed by atoms with Gasteiger partial charge in [-0.25, -0.2) is 4.39 Å². The van der Waals surface area contributed by atoms with Crippen LogP contribution in [0, 0.1) is 15.9 Å². The molecule has 0 aliphatic carbocycles. The van der Waals surface area contributed by atoms with Crippen molar-refractivity contribution in [2.75, 3.05) is 0 Å². The number of non-ortho nitro benzene ring substituents is 1. The molecule has 3 rings (SSSR count). The Bertz CT molecular complexity index is 845. The molecule has 3 aromatic rings. The fourth-order valence-electron chi connectivity index (χ4n) is 2.37. The van der Waals surface area contributed by atoms with Gasteiger partial charge < -0.3 is 4.57 Å². The molecule has 0 atom stereocenters. The van der Waals surface area contributed by atoms with E-state index in [9.17, 15) is 14.5 Å². The van der Waals surface area contributed by atoms with Crippen molar-refractivity contribution in [3.63, 3.8) is 0 Å². The fourth-order valence-corrected chi connectivity index (χ4v) is 2.66. The highest BCUT2D eigenvalue weighted by Gasteiger charge is 2.11. The number of fused-ring (bicyclic) bond motifs is 1. The van der Waals surface area contributed by atoms with E-state index in [1.165, 1.54) is 12.1 Å². The molecule has 0 bridgehead atoms. The molecule has 0 aliphatic rings. The van der Waals surface area contributed by atoms with Crippen molar-refractivity contribution in [2.24, 2.45) is 0 Å². The van der Waals surface area contributed by atoms with E-state index in [1.54, 1.807) is 6.07 Å². The standard InChI is InChI=1S/C15H10ClFN2O2/c16-14-3-1-2-11-4-5-18(15(11)14)9-10-6-12(17)8-13(7-10)19(20)21/h1-8H,9H2. The molecule has 106 valence electrons. The van der Waals surface area contributed by atoms with E-state index in [1.807, 2.05) is 29.0 Å². The van der Waals surface area contributed by atoms with Crippen molar-refractivity contribution in [3.05, 3.63) is 75.2 Å². The molecule has 0 saturated heterocycles. The number of aromatic nitrogens is 1. The van der Waals surface area contributed by atoms with Gasteiger partial charge in [0.05, 0.1) is 21.5 Å². The Kier molecular flexibility index (Phi) is 3.35. The molecule has 6 heteroatoms. The molecule has 21 heavy (non-hydrogen) atoms. The Hall–Kier alpha value is -2.40. The number of hydrogen-bond donors (Lipinski definition) is 0. The number of benzene rings is 2. The summed E-state index contributed by atoms with van der Waals surface area (Å²) >= 11 is 6.18. The molecule has 0 aliphatic heterocycles. The lowest BCUT2D eigenvalue weighted by Crippen LogP contribution is -2.00. The van der Waals surface area contributed by atoms with Gasteiger partial charge in [0.1, 0.15) is 5.82 Å². The van der Waals surface area contributed by atoms with Crippen LogP contribution < -0.4 is 0 Å². The minimum atomic E-state index is -0.623. The van der Waals surface area contributed by atoms with Gasteiger partial charge in [0, 0.05) is 24.2 Å². The smallest absolute Gasteiger partial charge is 0.272 e. The van der Waals surface area contributed by atoms with Gasteiger partial charge in [0.2, 0.25) is 0 Å². The lowest BCUT2D eigenvalue weighted by atomic mass is 10.2. The number of hydrogen-bond acceptors (Lipinski definition) is 2. The Balaban J connectivity index is 2.05. The zero-order chi connectivity index (χ0) is 15.0. The van der Waals surface area contributed by atoms with Crippen molar-refractivity contribution >= 4 is 28.2 Å². The molecule has 0 spiro atoms. The summed E-state index contributed by atoms with van der Waals surface area (Å²) in [5.74, 6) is -0.623. The molecular formula is C15H10ClFN2O2. The summed E-state index contributed by atoms with van der Waals surface area (Å²) in [5, 5.41) is 12.3. The number of nitro groups is 1. The van der Waals surface area contributed by atoms with Gasteiger partial charge in [0.15, 0.2) is 0 Å². The second-order valence-electron chi connectivity index (χ2n) is 4.70. The van der Waals surface area contributed by atoms with E-state index in [-0.39, 0.29) is 5.69 Å². The van der Waals surface area contributed by atoms with Gasteiger partial charge in [0.25, 0.3) is 5.69 Å². The monoisotopic (exact) mass is 304 g/mol. The van der Waals surface area contributed by atoms with Gasteiger partial charge in [-0.3, -0.25) is 10.1 Å². The molecule has 0 radical (unpaired) electrons. The van der Waals surface area contributed by atoms with Gasteiger partial charge in [-0.05, 0) is 23.8 Å². The Labute approximate surface area is 124 Å². The van der Waals surface area contributed by atoms with Gasteiger partial charge >= 0.3 is 0 Å². The molecule has 4 nitrogen and oxygen atoms in total. The predicted molar refractivity (Wildman–Crippen MR) is 79.1 cm³/mol. The average molecular weight is 305 g/mol. The van der Waals surface area contributed by atoms with Crippen LogP contribution in [0.2, 0.25) is 5.02 Å². The second-order valence-corrected chi connectivity index (χ2v) is 5.10. The maximum absolute atomic E-state index is 13.5. The predicted octanol–water partition coefficient (Wildman–Crippen LogP) is 4.39. The molecule has 2 aromatic carbocycles. The maximum Gasteiger partial charge on any atom is 0.272 e. The first-order chi connectivity index (χ1) is 10.0. The molecule has 0 N–H and O–H groups in total. The SMILES string of the molecule is O=[N+]([O-])c1cc(F)cc(Cn2ccc3cccc(Cl)c32)c1. The minimum absolute atomic E-state index is 0.257. The first-order valence-electron chi connectivity index (χ1n) is 6.22. The van der Waals surface area contributed by atoms with E-state index < -0.39 is 10.7 Å². The topological polar surface area (TPSA) is 48.1 Å². The van der Waals surface area contributed by atoms with Gasteiger partial charge in [-0.1, -0.05) is 23.7 Å². The summed E-state index contributed by atoms with van der Waals surface area (Å²) in [6.07, 6.45) is 1.83. The number of nitro benzene ring substituents is 1. The van der Waals surface area contributed by atoms with Crippen LogP contribution in [0.3, 0.4) is 0 Å². The van der Waals surface area contributed by atoms with Crippen LogP contribution in [0.25, 0.3) is 10.9 Å². The molecule has 1 aromatic heterocycles. The average Bonchev–Trinajstić information content (AvgIpc) is 2.82. The summed E-state index contributed by atoms with van der Waals surface area (Å²) in [7, 11) is 0. The van der Waals surface area contributed by atoms with Crippen LogP contribution in [0.4, 0.5) is 10.1 Å². The largest absolute Gasteiger partial charge is 0.342 e. The van der Waals surface area contributed by atoms with E-state index in [2.05, 4.69) is 0 Å². The van der Waals surface area contributed by atoms with Crippen molar-refractivity contribution < 1.29 is 9.31 Å². The molecule has 1 heterocycles. The highest BCUT2D eigenvalue weighted by atomic mass is 35.5. The highest BCUT2D eigenvalue weighted by Crippen LogP contribution is 2.26. The van der Waals surface area contributed by atoms with Crippen LogP contribution in [-0.2, 0) is 6.54 Å². The van der Waals surface area contributed by atoms with Crippen molar-refractivity contribution in [1.29, 1.82) is 0 Å². The highest BCUT2D eigenvalue weighted by molar-refractivity contribution is 6.35. The summed E-state index contributed by atoms with van der Waals surface area (Å²) in [5.41, 5.74) is 1.08. The molecule has 0 unspecified atom stereocenters. The van der Waals surface area contributed by atoms with Crippen molar-refractivity contribution in [3.8, 4) is 0 Å². The normalized spacial score (nSPS) is 11.0. The molecular weight excluding hydrogens is 295 g/mol. The Morgan fingerprint density at radius 2 is 2.05 bits per heavy atom. The van der Waals surface area contributed by atoms with Gasteiger partial charge in [-0.15, -0.1) is 0 Å². The zero-order valence-corrected chi connectivity index (χ0v) is 11.5.